The Hall–Kier alpha value is -0.520. The first kappa shape index (κ1) is 8.48. The molecule has 0 heterocycles. The van der Waals surface area contributed by atoms with E-state index in [1.165, 1.54) is 0 Å². The molecule has 0 aromatic rings. The number of hydrogen-bond donors (Lipinski definition) is 1. The minimum atomic E-state index is 0.391. The molecule has 0 rings (SSSR count). The summed E-state index contributed by atoms with van der Waals surface area (Å²) in [6, 6.07) is 0.923. The molecule has 1 N–H and O–H groups in total. The van der Waals surface area contributed by atoms with Crippen molar-refractivity contribution in [1.82, 2.24) is 5.32 Å². The van der Waals surface area contributed by atoms with E-state index in [-0.39, 0.29) is 0 Å². The van der Waals surface area contributed by atoms with Crippen LogP contribution in [-0.2, 0) is 0 Å². The van der Waals surface area contributed by atoms with E-state index in [0.717, 1.165) is 0 Å². The average Bonchev–Trinajstić information content (AvgIpc) is 1.63. The average molecular weight is 125 g/mol. The monoisotopic (exact) mass is 125 g/mol. The van der Waals surface area contributed by atoms with Gasteiger partial charge in [0.05, 0.1) is 0 Å². The van der Waals surface area contributed by atoms with Gasteiger partial charge in [-0.05, 0) is 13.0 Å². The highest BCUT2D eigenvalue weighted by Gasteiger charge is 1.95. The normalized spacial score (nSPS) is 12.9. The molecule has 0 bridgehead atoms. The first-order chi connectivity index (χ1) is 4.16. The summed E-state index contributed by atoms with van der Waals surface area (Å²) in [4.78, 5) is 0. The quantitative estimate of drug-likeness (QED) is 0.566. The van der Waals surface area contributed by atoms with Crippen molar-refractivity contribution in [3.63, 3.8) is 0 Å². The summed E-state index contributed by atoms with van der Waals surface area (Å²) in [7, 11) is 0. The Morgan fingerprint density at radius 3 is 2.33 bits per heavy atom. The van der Waals surface area contributed by atoms with E-state index in [1.807, 2.05) is 6.08 Å². The summed E-state index contributed by atoms with van der Waals surface area (Å²) >= 11 is 0. The molecule has 1 unspecified atom stereocenters. The number of nitrogens with one attached hydrogen (secondary N) is 1. The zero-order chi connectivity index (χ0) is 7.28. The molecular formula is C8H15N. The molecule has 0 aliphatic carbocycles. The molecule has 1 heteroatoms. The Bertz CT molecular complexity index is 110. The summed E-state index contributed by atoms with van der Waals surface area (Å²) in [5, 5.41) is 3.29. The molecule has 0 aromatic heterocycles. The van der Waals surface area contributed by atoms with Crippen molar-refractivity contribution in [3.8, 4) is 0 Å². The lowest BCUT2D eigenvalue weighted by Gasteiger charge is -2.10. The minimum Gasteiger partial charge on any atom is -0.308 e. The maximum atomic E-state index is 3.49. The lowest BCUT2D eigenvalue weighted by atomic mass is 10.3. The fraction of sp³-hybridized carbons (Fsp3) is 0.625. The van der Waals surface area contributed by atoms with Crippen LogP contribution in [0, 0.1) is 0 Å². The lowest BCUT2D eigenvalue weighted by Crippen LogP contribution is -2.30. The van der Waals surface area contributed by atoms with E-state index in [4.69, 9.17) is 0 Å². The topological polar surface area (TPSA) is 12.0 Å². The largest absolute Gasteiger partial charge is 0.308 e. The fourth-order valence-electron chi connectivity index (χ4n) is 0.751. The van der Waals surface area contributed by atoms with Crippen LogP contribution in [-0.4, -0.2) is 12.1 Å². The van der Waals surface area contributed by atoms with Crippen LogP contribution in [0.15, 0.2) is 18.4 Å². The van der Waals surface area contributed by atoms with Gasteiger partial charge in [-0.3, -0.25) is 0 Å². The van der Waals surface area contributed by atoms with Gasteiger partial charge >= 0.3 is 0 Å². The Labute approximate surface area is 57.5 Å². The van der Waals surface area contributed by atoms with Gasteiger partial charge in [-0.25, -0.2) is 0 Å². The Kier molecular flexibility index (Phi) is 4.12. The molecule has 0 radical (unpaired) electrons. The molecule has 0 aliphatic heterocycles. The molecule has 0 amide bonds. The third-order valence-corrected chi connectivity index (χ3v) is 0.964. The Balaban J connectivity index is 3.49. The summed E-state index contributed by atoms with van der Waals surface area (Å²) in [5.74, 6) is 0. The van der Waals surface area contributed by atoms with E-state index >= 15 is 0 Å². The molecule has 1 atom stereocenters. The smallest absolute Gasteiger partial charge is 0.0298 e. The molecule has 0 aromatic carbocycles. The standard InChI is InChI=1S/C8H15N/c1-5-6-8(4)9-7(2)3/h6-9H,1H2,2-4H3. The molecule has 0 spiro atoms. The first-order valence-electron chi connectivity index (χ1n) is 3.28. The van der Waals surface area contributed by atoms with Crippen LogP contribution in [0.5, 0.6) is 0 Å². The Morgan fingerprint density at radius 2 is 2.00 bits per heavy atom. The van der Waals surface area contributed by atoms with Gasteiger partial charge < -0.3 is 5.32 Å². The number of hydrogen-bond acceptors (Lipinski definition) is 1. The summed E-state index contributed by atoms with van der Waals surface area (Å²) < 4.78 is 0. The molecule has 0 saturated carbocycles. The molecule has 9 heavy (non-hydrogen) atoms. The van der Waals surface area contributed by atoms with Crippen molar-refractivity contribution < 1.29 is 0 Å². The lowest BCUT2D eigenvalue weighted by molar-refractivity contribution is 0.550. The predicted octanol–water partition coefficient (Wildman–Crippen LogP) is 1.71. The second-order valence-electron chi connectivity index (χ2n) is 2.48. The SMILES string of the molecule is C=C=CC(C)NC(C)C. The predicted molar refractivity (Wildman–Crippen MR) is 41.4 cm³/mol. The van der Waals surface area contributed by atoms with Crippen molar-refractivity contribution in [2.45, 2.75) is 32.9 Å². The van der Waals surface area contributed by atoms with Gasteiger partial charge in [0.2, 0.25) is 0 Å². The van der Waals surface area contributed by atoms with Crippen molar-refractivity contribution in [3.05, 3.63) is 18.4 Å². The summed E-state index contributed by atoms with van der Waals surface area (Å²) in [6.45, 7) is 9.81. The zero-order valence-electron chi connectivity index (χ0n) is 6.44. The van der Waals surface area contributed by atoms with Crippen LogP contribution in [0.25, 0.3) is 0 Å². The first-order valence-corrected chi connectivity index (χ1v) is 3.28. The van der Waals surface area contributed by atoms with Crippen molar-refractivity contribution in [2.24, 2.45) is 0 Å². The van der Waals surface area contributed by atoms with Crippen LogP contribution < -0.4 is 5.32 Å². The fourth-order valence-corrected chi connectivity index (χ4v) is 0.751. The maximum Gasteiger partial charge on any atom is 0.0298 e. The van der Waals surface area contributed by atoms with Crippen LogP contribution >= 0.6 is 0 Å². The van der Waals surface area contributed by atoms with Gasteiger partial charge in [-0.2, -0.15) is 0 Å². The van der Waals surface area contributed by atoms with Gasteiger partial charge in [0.15, 0.2) is 0 Å². The van der Waals surface area contributed by atoms with Crippen molar-refractivity contribution in [1.29, 1.82) is 0 Å². The van der Waals surface area contributed by atoms with Gasteiger partial charge in [0, 0.05) is 12.1 Å². The van der Waals surface area contributed by atoms with Crippen LogP contribution in [0.2, 0.25) is 0 Å². The minimum absolute atomic E-state index is 0.391. The molecule has 0 aliphatic rings. The maximum absolute atomic E-state index is 3.49. The van der Waals surface area contributed by atoms with Gasteiger partial charge in [-0.15, -0.1) is 5.73 Å². The third kappa shape index (κ3) is 5.35. The van der Waals surface area contributed by atoms with E-state index in [1.54, 1.807) is 0 Å². The van der Waals surface area contributed by atoms with Gasteiger partial charge in [-0.1, -0.05) is 20.4 Å². The highest BCUT2D eigenvalue weighted by molar-refractivity contribution is 4.87. The van der Waals surface area contributed by atoms with E-state index in [2.05, 4.69) is 38.4 Å². The van der Waals surface area contributed by atoms with Gasteiger partial charge in [0.25, 0.3) is 0 Å². The Morgan fingerprint density at radius 1 is 1.44 bits per heavy atom. The van der Waals surface area contributed by atoms with E-state index in [0.29, 0.717) is 12.1 Å². The van der Waals surface area contributed by atoms with Crippen molar-refractivity contribution in [2.75, 3.05) is 0 Å². The van der Waals surface area contributed by atoms with Crippen molar-refractivity contribution >= 4 is 0 Å². The number of rotatable bonds is 3. The second-order valence-corrected chi connectivity index (χ2v) is 2.48. The van der Waals surface area contributed by atoms with E-state index < -0.39 is 0 Å². The molecule has 0 fully saturated rings. The highest BCUT2D eigenvalue weighted by atomic mass is 14.9. The van der Waals surface area contributed by atoms with Crippen LogP contribution in [0.1, 0.15) is 20.8 Å². The highest BCUT2D eigenvalue weighted by Crippen LogP contribution is 1.85. The van der Waals surface area contributed by atoms with Crippen LogP contribution in [0.4, 0.5) is 0 Å². The molecule has 52 valence electrons. The summed E-state index contributed by atoms with van der Waals surface area (Å²) in [5.41, 5.74) is 2.74. The molecule has 1 nitrogen and oxygen atoms in total. The third-order valence-electron chi connectivity index (χ3n) is 0.964. The molecular weight excluding hydrogens is 110 g/mol. The zero-order valence-corrected chi connectivity index (χ0v) is 6.44. The van der Waals surface area contributed by atoms with Crippen LogP contribution in [0.3, 0.4) is 0 Å². The second kappa shape index (κ2) is 4.37. The van der Waals surface area contributed by atoms with Gasteiger partial charge in [0.1, 0.15) is 0 Å². The molecule has 0 saturated heterocycles. The summed E-state index contributed by atoms with van der Waals surface area (Å²) in [6.07, 6.45) is 1.92. The van der Waals surface area contributed by atoms with E-state index in [9.17, 15) is 0 Å².